The molecule has 0 aliphatic heterocycles. The minimum Gasteiger partial charge on any atom is -0.496 e. The molecule has 1 aromatic carbocycles. The fourth-order valence-corrected chi connectivity index (χ4v) is 1.78. The minimum absolute atomic E-state index is 0.813. The van der Waals surface area contributed by atoms with E-state index in [9.17, 15) is 0 Å². The largest absolute Gasteiger partial charge is 0.496 e. The maximum Gasteiger partial charge on any atom is 0.141 e. The zero-order chi connectivity index (χ0) is 10.8. The van der Waals surface area contributed by atoms with Gasteiger partial charge in [-0.15, -0.1) is 0 Å². The maximum atomic E-state index is 5.28. The van der Waals surface area contributed by atoms with Crippen LogP contribution in [-0.4, -0.2) is 17.1 Å². The topological polar surface area (TPSA) is 37.9 Å². The predicted octanol–water partition coefficient (Wildman–Crippen LogP) is 3.16. The van der Waals surface area contributed by atoms with Gasteiger partial charge in [0, 0.05) is 16.4 Å². The number of benzene rings is 1. The molecule has 15 heavy (non-hydrogen) atoms. The first-order valence-electron chi connectivity index (χ1n) is 4.56. The van der Waals surface area contributed by atoms with Gasteiger partial charge in [-0.05, 0) is 25.1 Å². The van der Waals surface area contributed by atoms with E-state index in [1.807, 2.05) is 25.1 Å². The van der Waals surface area contributed by atoms with E-state index in [1.54, 1.807) is 13.3 Å². The highest BCUT2D eigenvalue weighted by Gasteiger charge is 2.08. The Hall–Kier alpha value is -1.29. The number of hydrogen-bond donors (Lipinski definition) is 1. The van der Waals surface area contributed by atoms with Crippen molar-refractivity contribution in [3.63, 3.8) is 0 Å². The SMILES string of the molecule is COc1ccc(Br)cc1-c1ncc(C)[nH]1. The molecule has 3 nitrogen and oxygen atoms in total. The van der Waals surface area contributed by atoms with E-state index in [0.717, 1.165) is 27.3 Å². The molecule has 4 heteroatoms. The Morgan fingerprint density at radius 1 is 1.40 bits per heavy atom. The van der Waals surface area contributed by atoms with Crippen LogP contribution in [0, 0.1) is 6.92 Å². The monoisotopic (exact) mass is 266 g/mol. The zero-order valence-corrected chi connectivity index (χ0v) is 10.1. The molecule has 0 radical (unpaired) electrons. The summed E-state index contributed by atoms with van der Waals surface area (Å²) >= 11 is 3.43. The number of imidazole rings is 1. The molecule has 0 aliphatic carbocycles. The number of ether oxygens (including phenoxy) is 1. The van der Waals surface area contributed by atoms with Gasteiger partial charge in [0.25, 0.3) is 0 Å². The zero-order valence-electron chi connectivity index (χ0n) is 8.54. The number of rotatable bonds is 2. The Morgan fingerprint density at radius 3 is 2.80 bits per heavy atom. The van der Waals surface area contributed by atoms with Crippen molar-refractivity contribution < 1.29 is 4.74 Å². The van der Waals surface area contributed by atoms with Gasteiger partial charge in [-0.3, -0.25) is 0 Å². The summed E-state index contributed by atoms with van der Waals surface area (Å²) in [5.74, 6) is 1.64. The number of nitrogens with zero attached hydrogens (tertiary/aromatic N) is 1. The summed E-state index contributed by atoms with van der Waals surface area (Å²) in [5, 5.41) is 0. The molecular formula is C11H11BrN2O. The van der Waals surface area contributed by atoms with Crippen LogP contribution < -0.4 is 4.74 Å². The van der Waals surface area contributed by atoms with Crippen LogP contribution in [0.25, 0.3) is 11.4 Å². The molecule has 0 saturated carbocycles. The van der Waals surface area contributed by atoms with Crippen molar-refractivity contribution in [2.75, 3.05) is 7.11 Å². The van der Waals surface area contributed by atoms with Crippen LogP contribution in [0.2, 0.25) is 0 Å². The number of aromatic amines is 1. The molecule has 0 aliphatic rings. The van der Waals surface area contributed by atoms with E-state index in [0.29, 0.717) is 0 Å². The van der Waals surface area contributed by atoms with Crippen LogP contribution in [0.3, 0.4) is 0 Å². The molecule has 1 N–H and O–H groups in total. The predicted molar refractivity (Wildman–Crippen MR) is 63.0 cm³/mol. The van der Waals surface area contributed by atoms with Gasteiger partial charge in [0.05, 0.1) is 12.7 Å². The number of aromatic nitrogens is 2. The summed E-state index contributed by atoms with van der Waals surface area (Å²) in [6, 6.07) is 5.84. The lowest BCUT2D eigenvalue weighted by atomic mass is 10.2. The Balaban J connectivity index is 2.55. The van der Waals surface area contributed by atoms with Crippen molar-refractivity contribution in [1.82, 2.24) is 9.97 Å². The first-order chi connectivity index (χ1) is 7.20. The summed E-state index contributed by atoms with van der Waals surface area (Å²) in [5.41, 5.74) is 1.99. The average Bonchev–Trinajstić information content (AvgIpc) is 2.65. The minimum atomic E-state index is 0.813. The average molecular weight is 267 g/mol. The number of H-pyrrole nitrogens is 1. The van der Waals surface area contributed by atoms with E-state index in [-0.39, 0.29) is 0 Å². The molecule has 0 fully saturated rings. The second-order valence-corrected chi connectivity index (χ2v) is 4.18. The second kappa shape index (κ2) is 4.06. The van der Waals surface area contributed by atoms with Gasteiger partial charge in [0.2, 0.25) is 0 Å². The van der Waals surface area contributed by atoms with E-state index < -0.39 is 0 Å². The Labute approximate surface area is 96.6 Å². The van der Waals surface area contributed by atoms with Crippen LogP contribution >= 0.6 is 15.9 Å². The summed E-state index contributed by atoms with van der Waals surface area (Å²) < 4.78 is 6.29. The van der Waals surface area contributed by atoms with Crippen molar-refractivity contribution in [2.45, 2.75) is 6.92 Å². The number of hydrogen-bond acceptors (Lipinski definition) is 2. The van der Waals surface area contributed by atoms with E-state index in [2.05, 4.69) is 25.9 Å². The van der Waals surface area contributed by atoms with Gasteiger partial charge >= 0.3 is 0 Å². The van der Waals surface area contributed by atoms with Gasteiger partial charge in [-0.1, -0.05) is 15.9 Å². The fourth-order valence-electron chi connectivity index (χ4n) is 1.41. The number of methoxy groups -OCH3 is 1. The third kappa shape index (κ3) is 2.04. The normalized spacial score (nSPS) is 10.3. The number of aryl methyl sites for hydroxylation is 1. The lowest BCUT2D eigenvalue weighted by Gasteiger charge is -2.06. The second-order valence-electron chi connectivity index (χ2n) is 3.26. The fraction of sp³-hybridized carbons (Fsp3) is 0.182. The van der Waals surface area contributed by atoms with Crippen LogP contribution in [0.5, 0.6) is 5.75 Å². The van der Waals surface area contributed by atoms with Gasteiger partial charge in [0.1, 0.15) is 11.6 Å². The van der Waals surface area contributed by atoms with Gasteiger partial charge < -0.3 is 9.72 Å². The van der Waals surface area contributed by atoms with E-state index in [1.165, 1.54) is 0 Å². The number of halogens is 1. The third-order valence-corrected chi connectivity index (χ3v) is 2.61. The lowest BCUT2D eigenvalue weighted by Crippen LogP contribution is -1.89. The summed E-state index contributed by atoms with van der Waals surface area (Å²) in [6.45, 7) is 1.97. The molecular weight excluding hydrogens is 256 g/mol. The Kier molecular flexibility index (Phi) is 2.77. The van der Waals surface area contributed by atoms with Crippen LogP contribution in [0.1, 0.15) is 5.69 Å². The number of nitrogens with one attached hydrogen (secondary N) is 1. The molecule has 0 unspecified atom stereocenters. The third-order valence-electron chi connectivity index (χ3n) is 2.12. The first kappa shape index (κ1) is 10.2. The maximum absolute atomic E-state index is 5.28. The molecule has 0 amide bonds. The van der Waals surface area contributed by atoms with E-state index >= 15 is 0 Å². The van der Waals surface area contributed by atoms with Crippen molar-refractivity contribution in [3.8, 4) is 17.1 Å². The standard InChI is InChI=1S/C11H11BrN2O/c1-7-6-13-11(14-7)9-5-8(12)3-4-10(9)15-2/h3-6H,1-2H3,(H,13,14). The van der Waals surface area contributed by atoms with Gasteiger partial charge in [-0.25, -0.2) is 4.98 Å². The molecule has 0 atom stereocenters. The van der Waals surface area contributed by atoms with Crippen LogP contribution in [-0.2, 0) is 0 Å². The highest BCUT2D eigenvalue weighted by atomic mass is 79.9. The highest BCUT2D eigenvalue weighted by Crippen LogP contribution is 2.30. The summed E-state index contributed by atoms with van der Waals surface area (Å²) in [7, 11) is 1.66. The quantitative estimate of drug-likeness (QED) is 0.907. The molecule has 78 valence electrons. The molecule has 1 aromatic heterocycles. The van der Waals surface area contributed by atoms with Gasteiger partial charge in [0.15, 0.2) is 0 Å². The van der Waals surface area contributed by atoms with E-state index in [4.69, 9.17) is 4.74 Å². The molecule has 0 bridgehead atoms. The van der Waals surface area contributed by atoms with Crippen molar-refractivity contribution >= 4 is 15.9 Å². The smallest absolute Gasteiger partial charge is 0.141 e. The molecule has 0 spiro atoms. The molecule has 2 rings (SSSR count). The van der Waals surface area contributed by atoms with Crippen LogP contribution in [0.15, 0.2) is 28.9 Å². The Morgan fingerprint density at radius 2 is 2.20 bits per heavy atom. The molecule has 1 heterocycles. The van der Waals surface area contributed by atoms with Crippen molar-refractivity contribution in [2.24, 2.45) is 0 Å². The van der Waals surface area contributed by atoms with Gasteiger partial charge in [-0.2, -0.15) is 0 Å². The van der Waals surface area contributed by atoms with Crippen LogP contribution in [0.4, 0.5) is 0 Å². The Bertz CT molecular complexity index is 479. The lowest BCUT2D eigenvalue weighted by molar-refractivity contribution is 0.416. The van der Waals surface area contributed by atoms with Crippen molar-refractivity contribution in [3.05, 3.63) is 34.6 Å². The highest BCUT2D eigenvalue weighted by molar-refractivity contribution is 9.10. The summed E-state index contributed by atoms with van der Waals surface area (Å²) in [6.07, 6.45) is 1.80. The summed E-state index contributed by atoms with van der Waals surface area (Å²) in [4.78, 5) is 7.46. The molecule has 2 aromatic rings. The molecule has 0 saturated heterocycles. The van der Waals surface area contributed by atoms with Crippen molar-refractivity contribution in [1.29, 1.82) is 0 Å². The first-order valence-corrected chi connectivity index (χ1v) is 5.35.